The minimum absolute atomic E-state index is 0.106. The molecule has 1 rings (SSSR count). The molecular formula is C10H10F2O2. The Bertz CT molecular complexity index is 326. The van der Waals surface area contributed by atoms with Crippen LogP contribution in [0.25, 0.3) is 0 Å². The van der Waals surface area contributed by atoms with Crippen LogP contribution in [0.15, 0.2) is 18.2 Å². The molecule has 14 heavy (non-hydrogen) atoms. The third kappa shape index (κ3) is 2.52. The molecule has 0 bridgehead atoms. The van der Waals surface area contributed by atoms with Gasteiger partial charge >= 0.3 is 0 Å². The second kappa shape index (κ2) is 4.69. The highest BCUT2D eigenvalue weighted by atomic mass is 19.1. The summed E-state index contributed by atoms with van der Waals surface area (Å²) in [5.74, 6) is -1.58. The van der Waals surface area contributed by atoms with Gasteiger partial charge in [0, 0.05) is 6.07 Å². The summed E-state index contributed by atoms with van der Waals surface area (Å²) in [7, 11) is 0. The van der Waals surface area contributed by atoms with Crippen LogP contribution in [0.4, 0.5) is 8.78 Å². The molecule has 0 aromatic heterocycles. The lowest BCUT2D eigenvalue weighted by Crippen LogP contribution is -2.17. The van der Waals surface area contributed by atoms with Crippen molar-refractivity contribution in [3.05, 3.63) is 29.8 Å². The van der Waals surface area contributed by atoms with Gasteiger partial charge in [0.25, 0.3) is 0 Å². The Morgan fingerprint density at radius 3 is 2.71 bits per heavy atom. The maximum atomic E-state index is 13.0. The van der Waals surface area contributed by atoms with Gasteiger partial charge in [-0.2, -0.15) is 0 Å². The normalized spacial score (nSPS) is 12.2. The van der Waals surface area contributed by atoms with Crippen LogP contribution < -0.4 is 4.74 Å². The summed E-state index contributed by atoms with van der Waals surface area (Å²) in [4.78, 5) is 10.4. The van der Waals surface area contributed by atoms with E-state index in [1.807, 2.05) is 0 Å². The first kappa shape index (κ1) is 10.6. The maximum Gasteiger partial charge on any atom is 0.168 e. The van der Waals surface area contributed by atoms with Crippen molar-refractivity contribution in [2.24, 2.45) is 0 Å². The van der Waals surface area contributed by atoms with E-state index in [9.17, 15) is 13.6 Å². The molecule has 0 heterocycles. The maximum absolute atomic E-state index is 13.0. The minimum Gasteiger partial charge on any atom is -0.480 e. The van der Waals surface area contributed by atoms with Crippen LogP contribution in [-0.2, 0) is 4.79 Å². The molecule has 1 unspecified atom stereocenters. The zero-order valence-corrected chi connectivity index (χ0v) is 7.67. The molecule has 4 heteroatoms. The van der Waals surface area contributed by atoms with Crippen molar-refractivity contribution in [3.63, 3.8) is 0 Å². The number of carbonyl (C=O) groups excluding carboxylic acids is 1. The summed E-state index contributed by atoms with van der Waals surface area (Å²) in [5, 5.41) is 0. The number of aldehydes is 1. The Morgan fingerprint density at radius 1 is 1.50 bits per heavy atom. The highest BCUT2D eigenvalue weighted by molar-refractivity contribution is 5.56. The summed E-state index contributed by atoms with van der Waals surface area (Å²) < 4.78 is 30.5. The molecule has 1 aromatic carbocycles. The van der Waals surface area contributed by atoms with Gasteiger partial charge in [-0.15, -0.1) is 0 Å². The van der Waals surface area contributed by atoms with E-state index in [4.69, 9.17) is 4.74 Å². The zero-order chi connectivity index (χ0) is 10.6. The molecule has 76 valence electrons. The van der Waals surface area contributed by atoms with Crippen molar-refractivity contribution < 1.29 is 18.3 Å². The summed E-state index contributed by atoms with van der Waals surface area (Å²) in [6.45, 7) is 1.74. The van der Waals surface area contributed by atoms with E-state index in [0.717, 1.165) is 12.1 Å². The van der Waals surface area contributed by atoms with E-state index in [-0.39, 0.29) is 5.75 Å². The van der Waals surface area contributed by atoms with Gasteiger partial charge in [0.1, 0.15) is 5.82 Å². The van der Waals surface area contributed by atoms with E-state index < -0.39 is 17.7 Å². The number of benzene rings is 1. The van der Waals surface area contributed by atoms with E-state index >= 15 is 0 Å². The first-order valence-corrected chi connectivity index (χ1v) is 4.24. The molecule has 1 atom stereocenters. The number of ether oxygens (including phenoxy) is 1. The number of halogens is 2. The summed E-state index contributed by atoms with van der Waals surface area (Å²) in [6.07, 6.45) is 0.346. The molecule has 0 spiro atoms. The quantitative estimate of drug-likeness (QED) is 0.697. The molecule has 2 nitrogen and oxygen atoms in total. The van der Waals surface area contributed by atoms with E-state index in [1.165, 1.54) is 0 Å². The van der Waals surface area contributed by atoms with Crippen molar-refractivity contribution in [2.75, 3.05) is 0 Å². The lowest BCUT2D eigenvalue weighted by atomic mass is 10.3. The van der Waals surface area contributed by atoms with Crippen LogP contribution in [0.5, 0.6) is 5.75 Å². The third-order valence-electron chi connectivity index (χ3n) is 1.73. The number of hydrogen-bond acceptors (Lipinski definition) is 2. The molecule has 0 aliphatic carbocycles. The standard InChI is InChI=1S/C10H10F2O2/c1-2-8(6-13)14-10-4-3-7(11)5-9(10)12/h3-6,8H,2H2,1H3. The summed E-state index contributed by atoms with van der Waals surface area (Å²) >= 11 is 0. The molecule has 0 saturated carbocycles. The van der Waals surface area contributed by atoms with Crippen LogP contribution in [-0.4, -0.2) is 12.4 Å². The first-order chi connectivity index (χ1) is 6.67. The molecular weight excluding hydrogens is 190 g/mol. The zero-order valence-electron chi connectivity index (χ0n) is 7.67. The lowest BCUT2D eigenvalue weighted by molar-refractivity contribution is -0.113. The monoisotopic (exact) mass is 200 g/mol. The van der Waals surface area contributed by atoms with Crippen molar-refractivity contribution in [2.45, 2.75) is 19.4 Å². The van der Waals surface area contributed by atoms with Crippen LogP contribution in [0.1, 0.15) is 13.3 Å². The average Bonchev–Trinajstić information content (AvgIpc) is 2.17. The third-order valence-corrected chi connectivity index (χ3v) is 1.73. The predicted octanol–water partition coefficient (Wildman–Crippen LogP) is 2.32. The average molecular weight is 200 g/mol. The minimum atomic E-state index is -0.801. The number of carbonyl (C=O) groups is 1. The SMILES string of the molecule is CCC(C=O)Oc1ccc(F)cc1F. The van der Waals surface area contributed by atoms with Gasteiger partial charge in [0.15, 0.2) is 24.0 Å². The largest absolute Gasteiger partial charge is 0.480 e. The predicted molar refractivity (Wildman–Crippen MR) is 47.1 cm³/mol. The van der Waals surface area contributed by atoms with Crippen molar-refractivity contribution >= 4 is 6.29 Å². The van der Waals surface area contributed by atoms with E-state index in [0.29, 0.717) is 18.8 Å². The van der Waals surface area contributed by atoms with Crippen molar-refractivity contribution in [1.29, 1.82) is 0 Å². The fraction of sp³-hybridized carbons (Fsp3) is 0.300. The molecule has 0 aliphatic rings. The summed E-state index contributed by atoms with van der Waals surface area (Å²) in [6, 6.07) is 2.96. The Labute approximate surface area is 80.5 Å². The fourth-order valence-electron chi connectivity index (χ4n) is 0.941. The van der Waals surface area contributed by atoms with Crippen LogP contribution in [0.2, 0.25) is 0 Å². The molecule has 0 saturated heterocycles. The van der Waals surface area contributed by atoms with Gasteiger partial charge in [0.2, 0.25) is 0 Å². The van der Waals surface area contributed by atoms with Crippen LogP contribution in [0.3, 0.4) is 0 Å². The van der Waals surface area contributed by atoms with Gasteiger partial charge in [-0.3, -0.25) is 4.79 Å². The molecule has 1 aromatic rings. The molecule has 0 aliphatic heterocycles. The Hall–Kier alpha value is -1.45. The van der Waals surface area contributed by atoms with E-state index in [1.54, 1.807) is 6.92 Å². The van der Waals surface area contributed by atoms with Gasteiger partial charge in [-0.25, -0.2) is 8.78 Å². The van der Waals surface area contributed by atoms with E-state index in [2.05, 4.69) is 0 Å². The lowest BCUT2D eigenvalue weighted by Gasteiger charge is -2.11. The molecule has 0 fully saturated rings. The fourth-order valence-corrected chi connectivity index (χ4v) is 0.941. The highest BCUT2D eigenvalue weighted by Crippen LogP contribution is 2.19. The first-order valence-electron chi connectivity index (χ1n) is 4.24. The summed E-state index contributed by atoms with van der Waals surface area (Å²) in [5.41, 5.74) is 0. The second-order valence-electron chi connectivity index (χ2n) is 2.78. The topological polar surface area (TPSA) is 26.3 Å². The van der Waals surface area contributed by atoms with Crippen molar-refractivity contribution in [3.8, 4) is 5.75 Å². The van der Waals surface area contributed by atoms with Crippen LogP contribution in [0, 0.1) is 11.6 Å². The van der Waals surface area contributed by atoms with Gasteiger partial charge in [-0.1, -0.05) is 6.92 Å². The smallest absolute Gasteiger partial charge is 0.168 e. The second-order valence-corrected chi connectivity index (χ2v) is 2.78. The van der Waals surface area contributed by atoms with Gasteiger partial charge < -0.3 is 4.74 Å². The molecule has 0 N–H and O–H groups in total. The molecule has 0 amide bonds. The Kier molecular flexibility index (Phi) is 3.56. The van der Waals surface area contributed by atoms with Crippen LogP contribution >= 0.6 is 0 Å². The Morgan fingerprint density at radius 2 is 2.21 bits per heavy atom. The highest BCUT2D eigenvalue weighted by Gasteiger charge is 2.10. The number of hydrogen-bond donors (Lipinski definition) is 0. The molecule has 0 radical (unpaired) electrons. The Balaban J connectivity index is 2.80. The van der Waals surface area contributed by atoms with Gasteiger partial charge in [0.05, 0.1) is 0 Å². The number of rotatable bonds is 4. The van der Waals surface area contributed by atoms with Crippen molar-refractivity contribution in [1.82, 2.24) is 0 Å². The van der Waals surface area contributed by atoms with Gasteiger partial charge in [-0.05, 0) is 18.6 Å².